The summed E-state index contributed by atoms with van der Waals surface area (Å²) in [4.78, 5) is 28.9. The topological polar surface area (TPSA) is 121 Å². The van der Waals surface area contributed by atoms with E-state index >= 15 is 0 Å². The molecule has 3 aromatic rings. The van der Waals surface area contributed by atoms with Crippen LogP contribution in [-0.4, -0.2) is 42.1 Å². The highest BCUT2D eigenvalue weighted by Crippen LogP contribution is 2.45. The number of aromatic nitrogens is 1. The van der Waals surface area contributed by atoms with E-state index in [0.29, 0.717) is 34.9 Å². The standard InChI is InChI=1S/C30H32ClFN2O6/c1-29(2)11-12-39-28-19(29)15-25(34-27(28)18-5-7-21(32)20(31)13-18)30(3,37)10-9-22(35)17-6-8-23(24(14-17)38-4)40-16-26(33)36/h5-8,13-15,37H,9-12,16H2,1-4H3,(H2,33,36). The van der Waals surface area contributed by atoms with E-state index in [1.807, 2.05) is 6.07 Å². The Balaban J connectivity index is 1.63. The molecular weight excluding hydrogens is 539 g/mol. The van der Waals surface area contributed by atoms with Gasteiger partial charge in [0.05, 0.1) is 24.4 Å². The van der Waals surface area contributed by atoms with Gasteiger partial charge < -0.3 is 25.1 Å². The summed E-state index contributed by atoms with van der Waals surface area (Å²) in [5.41, 5.74) is 5.96. The quantitative estimate of drug-likeness (QED) is 0.315. The summed E-state index contributed by atoms with van der Waals surface area (Å²) >= 11 is 6.07. The first-order valence-corrected chi connectivity index (χ1v) is 13.2. The smallest absolute Gasteiger partial charge is 0.255 e. The number of ketones is 1. The van der Waals surface area contributed by atoms with Crippen LogP contribution in [0.25, 0.3) is 11.3 Å². The van der Waals surface area contributed by atoms with Crippen LogP contribution in [0.5, 0.6) is 17.2 Å². The Morgan fingerprint density at radius 1 is 1.20 bits per heavy atom. The lowest BCUT2D eigenvalue weighted by molar-refractivity contribution is -0.119. The lowest BCUT2D eigenvalue weighted by Crippen LogP contribution is -2.30. The molecule has 10 heteroatoms. The molecule has 1 aliphatic heterocycles. The van der Waals surface area contributed by atoms with Gasteiger partial charge in [-0.25, -0.2) is 9.37 Å². The van der Waals surface area contributed by atoms with Gasteiger partial charge >= 0.3 is 0 Å². The number of carbonyl (C=O) groups excluding carboxylic acids is 2. The van der Waals surface area contributed by atoms with E-state index in [9.17, 15) is 19.1 Å². The molecule has 0 spiro atoms. The van der Waals surface area contributed by atoms with Crippen LogP contribution in [0.1, 0.15) is 61.6 Å². The van der Waals surface area contributed by atoms with Gasteiger partial charge in [0, 0.05) is 23.1 Å². The third kappa shape index (κ3) is 6.21. The van der Waals surface area contributed by atoms with Crippen LogP contribution in [0.3, 0.4) is 0 Å². The van der Waals surface area contributed by atoms with E-state index in [1.165, 1.54) is 31.4 Å². The molecule has 0 radical (unpaired) electrons. The molecular formula is C30H32ClFN2O6. The first-order valence-electron chi connectivity index (χ1n) is 12.8. The fourth-order valence-corrected chi connectivity index (χ4v) is 4.76. The Morgan fingerprint density at radius 2 is 1.95 bits per heavy atom. The highest BCUT2D eigenvalue weighted by molar-refractivity contribution is 6.31. The molecule has 0 fully saturated rings. The summed E-state index contributed by atoms with van der Waals surface area (Å²) < 4.78 is 30.5. The Morgan fingerprint density at radius 3 is 2.62 bits per heavy atom. The van der Waals surface area contributed by atoms with Crippen molar-refractivity contribution < 1.29 is 33.3 Å². The predicted octanol–water partition coefficient (Wildman–Crippen LogP) is 5.34. The maximum Gasteiger partial charge on any atom is 0.255 e. The first kappa shape index (κ1) is 29.3. The van der Waals surface area contributed by atoms with Crippen molar-refractivity contribution in [2.24, 2.45) is 5.73 Å². The lowest BCUT2D eigenvalue weighted by atomic mass is 9.78. The Kier molecular flexibility index (Phi) is 8.37. The number of benzene rings is 2. The molecule has 2 heterocycles. The van der Waals surface area contributed by atoms with Gasteiger partial charge in [-0.3, -0.25) is 9.59 Å². The average molecular weight is 571 g/mol. The van der Waals surface area contributed by atoms with Crippen LogP contribution in [0.2, 0.25) is 5.02 Å². The van der Waals surface area contributed by atoms with Crippen molar-refractivity contribution >= 4 is 23.3 Å². The zero-order valence-electron chi connectivity index (χ0n) is 22.8. The SMILES string of the molecule is COc1cc(C(=O)CCC(C)(O)c2cc3c(c(-c4ccc(F)c(Cl)c4)n2)OCCC3(C)C)ccc1OCC(N)=O. The molecule has 40 heavy (non-hydrogen) atoms. The van der Waals surface area contributed by atoms with Crippen molar-refractivity contribution in [3.63, 3.8) is 0 Å². The van der Waals surface area contributed by atoms with Gasteiger partial charge in [-0.05, 0) is 67.6 Å². The molecule has 1 aromatic heterocycles. The van der Waals surface area contributed by atoms with Crippen molar-refractivity contribution in [1.29, 1.82) is 0 Å². The number of nitrogens with zero attached hydrogens (tertiary/aromatic N) is 1. The van der Waals surface area contributed by atoms with Gasteiger partial charge in [-0.2, -0.15) is 0 Å². The molecule has 1 atom stereocenters. The summed E-state index contributed by atoms with van der Waals surface area (Å²) in [5.74, 6) is -0.291. The fraction of sp³-hybridized carbons (Fsp3) is 0.367. The van der Waals surface area contributed by atoms with Gasteiger partial charge in [-0.15, -0.1) is 0 Å². The summed E-state index contributed by atoms with van der Waals surface area (Å²) in [6.07, 6.45) is 0.841. The molecule has 8 nitrogen and oxygen atoms in total. The van der Waals surface area contributed by atoms with Crippen LogP contribution in [0.15, 0.2) is 42.5 Å². The van der Waals surface area contributed by atoms with Gasteiger partial charge in [0.2, 0.25) is 0 Å². The molecule has 0 saturated carbocycles. The molecule has 0 saturated heterocycles. The number of halogens is 2. The number of hydrogen-bond donors (Lipinski definition) is 2. The maximum atomic E-state index is 13.9. The zero-order valence-corrected chi connectivity index (χ0v) is 23.6. The number of primary amides is 1. The number of nitrogens with two attached hydrogens (primary N) is 1. The number of methoxy groups -OCH3 is 1. The summed E-state index contributed by atoms with van der Waals surface area (Å²) in [7, 11) is 1.42. The first-order chi connectivity index (χ1) is 18.8. The average Bonchev–Trinajstić information content (AvgIpc) is 2.91. The molecule has 1 unspecified atom stereocenters. The number of amides is 1. The largest absolute Gasteiger partial charge is 0.493 e. The fourth-order valence-electron chi connectivity index (χ4n) is 4.58. The van der Waals surface area contributed by atoms with Crippen LogP contribution in [0, 0.1) is 5.82 Å². The Hall–Kier alpha value is -3.69. The molecule has 212 valence electrons. The second-order valence-electron chi connectivity index (χ2n) is 10.7. The van der Waals surface area contributed by atoms with Crippen molar-refractivity contribution in [1.82, 2.24) is 4.98 Å². The number of aliphatic hydroxyl groups is 1. The van der Waals surface area contributed by atoms with Crippen LogP contribution in [-0.2, 0) is 15.8 Å². The molecule has 3 N–H and O–H groups in total. The van der Waals surface area contributed by atoms with Gasteiger partial charge in [-0.1, -0.05) is 25.4 Å². The second-order valence-corrected chi connectivity index (χ2v) is 11.1. The van der Waals surface area contributed by atoms with E-state index < -0.39 is 17.3 Å². The highest BCUT2D eigenvalue weighted by atomic mass is 35.5. The van der Waals surface area contributed by atoms with E-state index in [4.69, 9.17) is 36.5 Å². The molecule has 0 aliphatic carbocycles. The number of carbonyl (C=O) groups is 2. The second kappa shape index (κ2) is 11.4. The number of hydrogen-bond acceptors (Lipinski definition) is 7. The molecule has 1 amide bonds. The van der Waals surface area contributed by atoms with Crippen molar-refractivity contribution in [2.45, 2.75) is 51.0 Å². The monoisotopic (exact) mass is 570 g/mol. The van der Waals surface area contributed by atoms with Gasteiger partial charge in [0.25, 0.3) is 5.91 Å². The van der Waals surface area contributed by atoms with E-state index in [-0.39, 0.29) is 47.2 Å². The number of Topliss-reactive ketones (excluding diaryl/α,β-unsaturated/α-hetero) is 1. The molecule has 0 bridgehead atoms. The van der Waals surface area contributed by atoms with Crippen molar-refractivity contribution in [3.8, 4) is 28.5 Å². The summed E-state index contributed by atoms with van der Waals surface area (Å²) in [6, 6.07) is 10.7. The normalized spacial score (nSPS) is 15.4. The number of pyridine rings is 1. The van der Waals surface area contributed by atoms with Gasteiger partial charge in [0.1, 0.15) is 22.9 Å². The summed E-state index contributed by atoms with van der Waals surface area (Å²) in [5, 5.41) is 11.5. The predicted molar refractivity (Wildman–Crippen MR) is 149 cm³/mol. The highest BCUT2D eigenvalue weighted by Gasteiger charge is 2.36. The van der Waals surface area contributed by atoms with E-state index in [1.54, 1.807) is 19.1 Å². The minimum atomic E-state index is -1.48. The van der Waals surface area contributed by atoms with Crippen LogP contribution >= 0.6 is 11.6 Å². The van der Waals surface area contributed by atoms with E-state index in [0.717, 1.165) is 12.0 Å². The molecule has 4 rings (SSSR count). The lowest BCUT2D eigenvalue weighted by Gasteiger charge is -2.35. The van der Waals surface area contributed by atoms with E-state index in [2.05, 4.69) is 13.8 Å². The third-order valence-electron chi connectivity index (χ3n) is 7.11. The third-order valence-corrected chi connectivity index (χ3v) is 7.40. The van der Waals surface area contributed by atoms with Crippen molar-refractivity contribution in [3.05, 3.63) is 70.1 Å². The Labute approximate surface area is 237 Å². The maximum absolute atomic E-state index is 13.9. The molecule has 1 aliphatic rings. The molecule has 2 aromatic carbocycles. The zero-order chi connectivity index (χ0) is 29.2. The van der Waals surface area contributed by atoms with Gasteiger partial charge in [0.15, 0.2) is 23.9 Å². The number of ether oxygens (including phenoxy) is 3. The van der Waals surface area contributed by atoms with Crippen LogP contribution in [0.4, 0.5) is 4.39 Å². The minimum Gasteiger partial charge on any atom is -0.493 e. The summed E-state index contributed by atoms with van der Waals surface area (Å²) in [6.45, 7) is 5.94. The Bertz CT molecular complexity index is 1460. The number of rotatable bonds is 10. The van der Waals surface area contributed by atoms with Crippen molar-refractivity contribution in [2.75, 3.05) is 20.3 Å². The number of fused-ring (bicyclic) bond motifs is 1. The van der Waals surface area contributed by atoms with Crippen LogP contribution < -0.4 is 19.9 Å². The minimum absolute atomic E-state index is 0.00795.